The van der Waals surface area contributed by atoms with E-state index in [0.717, 1.165) is 17.7 Å². The second-order valence-corrected chi connectivity index (χ2v) is 7.81. The molecule has 3 rings (SSSR count). The molecule has 2 saturated heterocycles. The van der Waals surface area contributed by atoms with E-state index in [9.17, 15) is 19.2 Å². The third-order valence-electron chi connectivity index (χ3n) is 5.34. The van der Waals surface area contributed by atoms with E-state index in [0.29, 0.717) is 25.6 Å². The van der Waals surface area contributed by atoms with Gasteiger partial charge in [0, 0.05) is 31.5 Å². The van der Waals surface area contributed by atoms with Crippen LogP contribution >= 0.6 is 0 Å². The normalized spacial score (nSPS) is 26.5. The molecule has 0 aromatic carbocycles. The van der Waals surface area contributed by atoms with Gasteiger partial charge in [-0.25, -0.2) is 4.79 Å². The minimum Gasteiger partial charge on any atom is -0.354 e. The summed E-state index contributed by atoms with van der Waals surface area (Å²) < 4.78 is 0. The van der Waals surface area contributed by atoms with E-state index in [1.807, 2.05) is 4.90 Å². The molecule has 0 aromatic rings. The van der Waals surface area contributed by atoms with Gasteiger partial charge in [0.25, 0.3) is 5.91 Å². The Bertz CT molecular complexity index is 597. The van der Waals surface area contributed by atoms with Crippen molar-refractivity contribution in [3.05, 3.63) is 0 Å². The molecule has 1 unspecified atom stereocenters. The van der Waals surface area contributed by atoms with Gasteiger partial charge in [0.2, 0.25) is 11.8 Å². The number of nitrogens with one attached hydrogen (secondary N) is 2. The monoisotopic (exact) mass is 350 g/mol. The molecule has 2 heterocycles. The lowest BCUT2D eigenvalue weighted by Crippen LogP contribution is -2.44. The first-order valence-corrected chi connectivity index (χ1v) is 8.98. The number of hydrogen-bond acceptors (Lipinski definition) is 4. The topological polar surface area (TPSA) is 98.8 Å². The summed E-state index contributed by atoms with van der Waals surface area (Å²) in [4.78, 5) is 51.0. The molecule has 2 aliphatic heterocycles. The number of carbonyl (C=O) groups is 4. The molecule has 25 heavy (non-hydrogen) atoms. The number of hydrogen-bond donors (Lipinski definition) is 2. The van der Waals surface area contributed by atoms with Gasteiger partial charge >= 0.3 is 6.03 Å². The summed E-state index contributed by atoms with van der Waals surface area (Å²) in [7, 11) is 0. The molecule has 0 bridgehead atoms. The van der Waals surface area contributed by atoms with E-state index in [1.165, 1.54) is 12.8 Å². The summed E-state index contributed by atoms with van der Waals surface area (Å²) in [6.45, 7) is 3.99. The van der Waals surface area contributed by atoms with Crippen molar-refractivity contribution < 1.29 is 19.2 Å². The summed E-state index contributed by atoms with van der Waals surface area (Å²) in [5, 5.41) is 5.30. The third kappa shape index (κ3) is 3.62. The second kappa shape index (κ2) is 6.65. The van der Waals surface area contributed by atoms with Gasteiger partial charge in [-0.2, -0.15) is 0 Å². The lowest BCUT2D eigenvalue weighted by Gasteiger charge is -2.24. The van der Waals surface area contributed by atoms with E-state index < -0.39 is 17.5 Å². The van der Waals surface area contributed by atoms with Crippen LogP contribution in [0.4, 0.5) is 4.79 Å². The number of carbonyl (C=O) groups excluding carboxylic acids is 4. The lowest BCUT2D eigenvalue weighted by atomic mass is 10.1. The molecule has 8 nitrogen and oxygen atoms in total. The average Bonchev–Trinajstić information content (AvgIpc) is 3.21. The predicted octanol–water partition coefficient (Wildman–Crippen LogP) is 0.224. The van der Waals surface area contributed by atoms with E-state index in [1.54, 1.807) is 13.8 Å². The van der Waals surface area contributed by atoms with Crippen LogP contribution in [-0.2, 0) is 14.4 Å². The quantitative estimate of drug-likeness (QED) is 0.693. The van der Waals surface area contributed by atoms with Crippen LogP contribution in [0.3, 0.4) is 0 Å². The Hall–Kier alpha value is -2.12. The maximum atomic E-state index is 12.2. The highest BCUT2D eigenvalue weighted by Crippen LogP contribution is 2.29. The van der Waals surface area contributed by atoms with Crippen LogP contribution in [0, 0.1) is 5.92 Å². The van der Waals surface area contributed by atoms with Crippen molar-refractivity contribution in [3.63, 3.8) is 0 Å². The van der Waals surface area contributed by atoms with Crippen molar-refractivity contribution in [1.82, 2.24) is 20.4 Å². The van der Waals surface area contributed by atoms with Gasteiger partial charge in [0.15, 0.2) is 0 Å². The summed E-state index contributed by atoms with van der Waals surface area (Å²) in [5.74, 6) is -0.525. The largest absolute Gasteiger partial charge is 0.354 e. The summed E-state index contributed by atoms with van der Waals surface area (Å²) in [5.41, 5.74) is -0.975. The summed E-state index contributed by atoms with van der Waals surface area (Å²) in [6.07, 6.45) is 4.96. The number of amides is 5. The minimum atomic E-state index is -0.975. The second-order valence-electron chi connectivity index (χ2n) is 7.81. The van der Waals surface area contributed by atoms with E-state index in [2.05, 4.69) is 10.6 Å². The fourth-order valence-corrected chi connectivity index (χ4v) is 3.93. The summed E-state index contributed by atoms with van der Waals surface area (Å²) in [6, 6.07) is -0.185. The van der Waals surface area contributed by atoms with Crippen LogP contribution in [0.5, 0.6) is 0 Å². The molecule has 1 aliphatic carbocycles. The number of imide groups is 1. The van der Waals surface area contributed by atoms with Gasteiger partial charge in [-0.1, -0.05) is 12.8 Å². The van der Waals surface area contributed by atoms with Gasteiger partial charge in [0.05, 0.1) is 0 Å². The van der Waals surface area contributed by atoms with Crippen molar-refractivity contribution in [2.45, 2.75) is 57.5 Å². The molecule has 0 radical (unpaired) electrons. The Morgan fingerprint density at radius 2 is 1.92 bits per heavy atom. The number of urea groups is 1. The molecule has 3 aliphatic rings. The Labute approximate surface area is 147 Å². The standard InChI is InChI=1S/C17H26N4O4/c1-17(2)15(24)21(16(25)19-17)10-13(22)18-8-11-7-14(23)20(9-11)12-5-3-4-6-12/h11-12H,3-10H2,1-2H3,(H,18,22)(H,19,25). The molecule has 2 N–H and O–H groups in total. The molecule has 1 saturated carbocycles. The maximum Gasteiger partial charge on any atom is 0.325 e. The lowest BCUT2D eigenvalue weighted by molar-refractivity contribution is -0.134. The molecular formula is C17H26N4O4. The molecule has 0 spiro atoms. The smallest absolute Gasteiger partial charge is 0.325 e. The Morgan fingerprint density at radius 1 is 1.24 bits per heavy atom. The fourth-order valence-electron chi connectivity index (χ4n) is 3.93. The van der Waals surface area contributed by atoms with E-state index >= 15 is 0 Å². The molecule has 8 heteroatoms. The molecule has 1 atom stereocenters. The zero-order chi connectivity index (χ0) is 18.2. The minimum absolute atomic E-state index is 0.0941. The molecule has 3 fully saturated rings. The average molecular weight is 350 g/mol. The first-order chi connectivity index (χ1) is 11.8. The van der Waals surface area contributed by atoms with Gasteiger partial charge < -0.3 is 15.5 Å². The van der Waals surface area contributed by atoms with E-state index in [4.69, 9.17) is 0 Å². The Morgan fingerprint density at radius 3 is 2.52 bits per heavy atom. The molecule has 5 amide bonds. The van der Waals surface area contributed by atoms with Gasteiger partial charge in [-0.3, -0.25) is 19.3 Å². The van der Waals surface area contributed by atoms with Crippen LogP contribution in [0.25, 0.3) is 0 Å². The van der Waals surface area contributed by atoms with Crippen LogP contribution in [-0.4, -0.2) is 64.8 Å². The Balaban J connectivity index is 1.46. The predicted molar refractivity (Wildman–Crippen MR) is 89.4 cm³/mol. The number of nitrogens with zero attached hydrogens (tertiary/aromatic N) is 2. The highest BCUT2D eigenvalue weighted by molar-refractivity contribution is 6.08. The highest BCUT2D eigenvalue weighted by atomic mass is 16.2. The van der Waals surface area contributed by atoms with Crippen LogP contribution in [0.1, 0.15) is 46.0 Å². The van der Waals surface area contributed by atoms with Gasteiger partial charge in [-0.15, -0.1) is 0 Å². The third-order valence-corrected chi connectivity index (χ3v) is 5.34. The first kappa shape index (κ1) is 17.7. The fraction of sp³-hybridized carbons (Fsp3) is 0.765. The van der Waals surface area contributed by atoms with Crippen LogP contribution in [0.2, 0.25) is 0 Å². The SMILES string of the molecule is CC1(C)NC(=O)N(CC(=O)NCC2CC(=O)N(C3CCCC3)C2)C1=O. The number of likely N-dealkylation sites (tertiary alicyclic amines) is 1. The summed E-state index contributed by atoms with van der Waals surface area (Å²) >= 11 is 0. The van der Waals surface area contributed by atoms with Crippen molar-refractivity contribution >= 4 is 23.8 Å². The zero-order valence-corrected chi connectivity index (χ0v) is 14.8. The highest BCUT2D eigenvalue weighted by Gasteiger charge is 2.45. The molecular weight excluding hydrogens is 324 g/mol. The van der Waals surface area contributed by atoms with Crippen molar-refractivity contribution in [2.75, 3.05) is 19.6 Å². The van der Waals surface area contributed by atoms with Crippen LogP contribution < -0.4 is 10.6 Å². The number of rotatable bonds is 5. The Kier molecular flexibility index (Phi) is 4.71. The van der Waals surface area contributed by atoms with Gasteiger partial charge in [-0.05, 0) is 26.7 Å². The van der Waals surface area contributed by atoms with Crippen LogP contribution in [0.15, 0.2) is 0 Å². The van der Waals surface area contributed by atoms with Crippen molar-refractivity contribution in [3.8, 4) is 0 Å². The van der Waals surface area contributed by atoms with Crippen molar-refractivity contribution in [1.29, 1.82) is 0 Å². The van der Waals surface area contributed by atoms with Gasteiger partial charge in [0.1, 0.15) is 12.1 Å². The molecule has 0 aromatic heterocycles. The molecule has 138 valence electrons. The van der Waals surface area contributed by atoms with E-state index in [-0.39, 0.29) is 24.3 Å². The zero-order valence-electron chi connectivity index (χ0n) is 14.8. The van der Waals surface area contributed by atoms with Crippen molar-refractivity contribution in [2.24, 2.45) is 5.92 Å². The first-order valence-electron chi connectivity index (χ1n) is 8.98. The maximum absolute atomic E-state index is 12.2.